The normalized spacial score (nSPS) is 17.2. The highest BCUT2D eigenvalue weighted by Crippen LogP contribution is 2.28. The predicted octanol–water partition coefficient (Wildman–Crippen LogP) is 2.62. The lowest BCUT2D eigenvalue weighted by Crippen LogP contribution is -2.31. The average molecular weight is 345 g/mol. The standard InChI is InChI=1S/C19H27N3O3/c1-21-11-16(10-20-21)13-22(14-17-5-4-8-25-17)12-15-6-7-18(23-2)19(9-15)24-3/h6-7,9-11,17H,4-5,8,12-14H2,1-3H3/t17-/m1/s1. The van der Waals surface area contributed by atoms with E-state index >= 15 is 0 Å². The van der Waals surface area contributed by atoms with Gasteiger partial charge in [-0.3, -0.25) is 9.58 Å². The highest BCUT2D eigenvalue weighted by Gasteiger charge is 2.20. The van der Waals surface area contributed by atoms with Crippen LogP contribution >= 0.6 is 0 Å². The molecular weight excluding hydrogens is 318 g/mol. The largest absolute Gasteiger partial charge is 0.493 e. The molecule has 0 radical (unpaired) electrons. The highest BCUT2D eigenvalue weighted by atomic mass is 16.5. The number of hydrogen-bond donors (Lipinski definition) is 0. The molecule has 25 heavy (non-hydrogen) atoms. The summed E-state index contributed by atoms with van der Waals surface area (Å²) in [5.74, 6) is 1.52. The van der Waals surface area contributed by atoms with E-state index in [4.69, 9.17) is 14.2 Å². The molecule has 0 saturated carbocycles. The number of aryl methyl sites for hydroxylation is 1. The summed E-state index contributed by atoms with van der Waals surface area (Å²) in [6.07, 6.45) is 6.60. The fourth-order valence-corrected chi connectivity index (χ4v) is 3.31. The molecular formula is C19H27N3O3. The maximum atomic E-state index is 5.84. The lowest BCUT2D eigenvalue weighted by atomic mass is 10.1. The minimum absolute atomic E-state index is 0.316. The number of aromatic nitrogens is 2. The molecule has 0 bridgehead atoms. The van der Waals surface area contributed by atoms with Gasteiger partial charge in [0.05, 0.1) is 26.5 Å². The molecule has 1 fully saturated rings. The van der Waals surface area contributed by atoms with E-state index in [9.17, 15) is 0 Å². The van der Waals surface area contributed by atoms with Gasteiger partial charge in [-0.05, 0) is 30.5 Å². The SMILES string of the molecule is COc1ccc(CN(Cc2cnn(C)c2)C[C@H]2CCCO2)cc1OC. The first-order valence-electron chi connectivity index (χ1n) is 8.70. The van der Waals surface area contributed by atoms with E-state index in [-0.39, 0.29) is 0 Å². The number of rotatable bonds is 8. The van der Waals surface area contributed by atoms with Gasteiger partial charge in [0.25, 0.3) is 0 Å². The van der Waals surface area contributed by atoms with Gasteiger partial charge < -0.3 is 14.2 Å². The van der Waals surface area contributed by atoms with E-state index in [1.54, 1.807) is 14.2 Å². The highest BCUT2D eigenvalue weighted by molar-refractivity contribution is 5.42. The summed E-state index contributed by atoms with van der Waals surface area (Å²) in [6, 6.07) is 6.10. The maximum absolute atomic E-state index is 5.84. The Morgan fingerprint density at radius 2 is 2.00 bits per heavy atom. The third kappa shape index (κ3) is 4.74. The Balaban J connectivity index is 1.73. The summed E-state index contributed by atoms with van der Waals surface area (Å²) in [4.78, 5) is 2.41. The monoisotopic (exact) mass is 345 g/mol. The van der Waals surface area contributed by atoms with Crippen molar-refractivity contribution in [2.45, 2.75) is 32.0 Å². The van der Waals surface area contributed by atoms with Crippen LogP contribution < -0.4 is 9.47 Å². The molecule has 6 heteroatoms. The Hall–Kier alpha value is -2.05. The van der Waals surface area contributed by atoms with Crippen LogP contribution in [0.15, 0.2) is 30.6 Å². The summed E-state index contributed by atoms with van der Waals surface area (Å²) < 4.78 is 18.4. The predicted molar refractivity (Wildman–Crippen MR) is 95.8 cm³/mol. The second-order valence-corrected chi connectivity index (χ2v) is 6.52. The molecule has 1 atom stereocenters. The van der Waals surface area contributed by atoms with Crippen LogP contribution in [0, 0.1) is 0 Å². The van der Waals surface area contributed by atoms with Crippen LogP contribution in [-0.4, -0.2) is 48.2 Å². The first-order chi connectivity index (χ1) is 12.2. The molecule has 136 valence electrons. The van der Waals surface area contributed by atoms with E-state index in [0.29, 0.717) is 6.10 Å². The summed E-state index contributed by atoms with van der Waals surface area (Å²) in [5.41, 5.74) is 2.40. The van der Waals surface area contributed by atoms with Crippen LogP contribution in [0.5, 0.6) is 11.5 Å². The van der Waals surface area contributed by atoms with Crippen molar-refractivity contribution in [3.8, 4) is 11.5 Å². The number of benzene rings is 1. The van der Waals surface area contributed by atoms with E-state index in [1.807, 2.05) is 30.1 Å². The molecule has 1 aliphatic rings. The van der Waals surface area contributed by atoms with Crippen LogP contribution in [0.4, 0.5) is 0 Å². The maximum Gasteiger partial charge on any atom is 0.161 e. The topological polar surface area (TPSA) is 48.8 Å². The average Bonchev–Trinajstić information content (AvgIpc) is 3.26. The van der Waals surface area contributed by atoms with Gasteiger partial charge in [0.15, 0.2) is 11.5 Å². The summed E-state index contributed by atoms with van der Waals surface area (Å²) in [5, 5.41) is 4.28. The lowest BCUT2D eigenvalue weighted by molar-refractivity contribution is 0.0679. The van der Waals surface area contributed by atoms with Crippen molar-refractivity contribution < 1.29 is 14.2 Å². The van der Waals surface area contributed by atoms with Crippen LogP contribution in [0.25, 0.3) is 0 Å². The van der Waals surface area contributed by atoms with Gasteiger partial charge in [-0.1, -0.05) is 6.07 Å². The molecule has 2 heterocycles. The molecule has 3 rings (SSSR count). The molecule has 0 N–H and O–H groups in total. The number of methoxy groups -OCH3 is 2. The first kappa shape index (κ1) is 17.8. The van der Waals surface area contributed by atoms with Crippen molar-refractivity contribution in [1.29, 1.82) is 0 Å². The quantitative estimate of drug-likeness (QED) is 0.736. The van der Waals surface area contributed by atoms with Gasteiger partial charge in [0, 0.05) is 45.0 Å². The molecule has 1 aromatic heterocycles. The Morgan fingerprint density at radius 1 is 1.20 bits per heavy atom. The van der Waals surface area contributed by atoms with Gasteiger partial charge >= 0.3 is 0 Å². The van der Waals surface area contributed by atoms with Crippen molar-refractivity contribution in [2.75, 3.05) is 27.4 Å². The van der Waals surface area contributed by atoms with Gasteiger partial charge in [0.1, 0.15) is 0 Å². The molecule has 1 aliphatic heterocycles. The fraction of sp³-hybridized carbons (Fsp3) is 0.526. The zero-order valence-electron chi connectivity index (χ0n) is 15.3. The van der Waals surface area contributed by atoms with Crippen LogP contribution in [0.1, 0.15) is 24.0 Å². The van der Waals surface area contributed by atoms with Crippen LogP contribution in [0.2, 0.25) is 0 Å². The smallest absolute Gasteiger partial charge is 0.161 e. The molecule has 0 spiro atoms. The van der Waals surface area contributed by atoms with Crippen molar-refractivity contribution in [1.82, 2.24) is 14.7 Å². The molecule has 2 aromatic rings. The first-order valence-corrected chi connectivity index (χ1v) is 8.70. The van der Waals surface area contributed by atoms with Gasteiger partial charge in [-0.25, -0.2) is 0 Å². The number of hydrogen-bond acceptors (Lipinski definition) is 5. The third-order valence-corrected chi connectivity index (χ3v) is 4.50. The van der Waals surface area contributed by atoms with Crippen molar-refractivity contribution in [3.63, 3.8) is 0 Å². The molecule has 1 saturated heterocycles. The molecule has 0 amide bonds. The van der Waals surface area contributed by atoms with Gasteiger partial charge in [-0.2, -0.15) is 5.10 Å². The van der Waals surface area contributed by atoms with Crippen molar-refractivity contribution in [3.05, 3.63) is 41.7 Å². The van der Waals surface area contributed by atoms with Crippen molar-refractivity contribution >= 4 is 0 Å². The minimum Gasteiger partial charge on any atom is -0.493 e. The lowest BCUT2D eigenvalue weighted by Gasteiger charge is -2.25. The Bertz CT molecular complexity index is 680. The number of ether oxygens (including phenoxy) is 3. The van der Waals surface area contributed by atoms with E-state index in [1.165, 1.54) is 11.1 Å². The van der Waals surface area contributed by atoms with Crippen LogP contribution in [0.3, 0.4) is 0 Å². The second-order valence-electron chi connectivity index (χ2n) is 6.52. The molecule has 1 aromatic carbocycles. The van der Waals surface area contributed by atoms with Crippen LogP contribution in [-0.2, 0) is 24.9 Å². The van der Waals surface area contributed by atoms with E-state index in [0.717, 1.165) is 50.6 Å². The summed E-state index contributed by atoms with van der Waals surface area (Å²) >= 11 is 0. The molecule has 6 nitrogen and oxygen atoms in total. The summed E-state index contributed by atoms with van der Waals surface area (Å²) in [7, 11) is 5.27. The fourth-order valence-electron chi connectivity index (χ4n) is 3.31. The number of nitrogens with zero attached hydrogens (tertiary/aromatic N) is 3. The van der Waals surface area contributed by atoms with E-state index < -0.39 is 0 Å². The van der Waals surface area contributed by atoms with E-state index in [2.05, 4.69) is 22.3 Å². The third-order valence-electron chi connectivity index (χ3n) is 4.50. The van der Waals surface area contributed by atoms with Gasteiger partial charge in [0.2, 0.25) is 0 Å². The Labute approximate surface area is 149 Å². The summed E-state index contributed by atoms with van der Waals surface area (Å²) in [6.45, 7) is 3.47. The minimum atomic E-state index is 0.316. The second kappa shape index (κ2) is 8.36. The Morgan fingerprint density at radius 3 is 2.64 bits per heavy atom. The zero-order valence-corrected chi connectivity index (χ0v) is 15.3. The Kier molecular flexibility index (Phi) is 5.94. The zero-order chi connectivity index (χ0) is 17.6. The van der Waals surface area contributed by atoms with Crippen molar-refractivity contribution in [2.24, 2.45) is 7.05 Å². The van der Waals surface area contributed by atoms with Gasteiger partial charge in [-0.15, -0.1) is 0 Å². The molecule has 0 unspecified atom stereocenters. The molecule has 0 aliphatic carbocycles.